The summed E-state index contributed by atoms with van der Waals surface area (Å²) in [6, 6.07) is 1.40. The Hall–Kier alpha value is -1.55. The van der Waals surface area contributed by atoms with Gasteiger partial charge in [0.1, 0.15) is 5.82 Å². The first-order valence-corrected chi connectivity index (χ1v) is 5.22. The first-order valence-electron chi connectivity index (χ1n) is 4.84. The zero-order valence-corrected chi connectivity index (χ0v) is 9.74. The largest absolute Gasteiger partial charge is 0.478 e. The van der Waals surface area contributed by atoms with Crippen molar-refractivity contribution in [2.45, 2.75) is 6.92 Å². The minimum absolute atomic E-state index is 0.0865. The van der Waals surface area contributed by atoms with Gasteiger partial charge in [0.25, 0.3) is 0 Å². The van der Waals surface area contributed by atoms with Crippen LogP contribution in [0.2, 0.25) is 5.02 Å². The van der Waals surface area contributed by atoms with Crippen molar-refractivity contribution in [3.05, 3.63) is 35.5 Å². The molecular formula is C11H13ClN2O2. The summed E-state index contributed by atoms with van der Waals surface area (Å²) in [6.45, 7) is 6.96. The monoisotopic (exact) mass is 240 g/mol. The predicted octanol–water partition coefficient (Wildman–Crippen LogP) is 2.45. The molecule has 0 aromatic carbocycles. The number of hydrogen-bond donors (Lipinski definition) is 1. The van der Waals surface area contributed by atoms with Crippen LogP contribution in [0.5, 0.6) is 0 Å². The smallest absolute Gasteiger partial charge is 0.337 e. The molecule has 0 aliphatic carbocycles. The summed E-state index contributed by atoms with van der Waals surface area (Å²) in [5.41, 5.74) is 0.0865. The summed E-state index contributed by atoms with van der Waals surface area (Å²) in [7, 11) is 0. The first kappa shape index (κ1) is 12.5. The molecule has 0 bridgehead atoms. The third kappa shape index (κ3) is 2.73. The van der Waals surface area contributed by atoms with Gasteiger partial charge in [-0.1, -0.05) is 17.7 Å². The highest BCUT2D eigenvalue weighted by Crippen LogP contribution is 2.23. The van der Waals surface area contributed by atoms with E-state index in [9.17, 15) is 4.79 Å². The van der Waals surface area contributed by atoms with Gasteiger partial charge in [-0.2, -0.15) is 0 Å². The van der Waals surface area contributed by atoms with Gasteiger partial charge in [0, 0.05) is 19.3 Å². The minimum atomic E-state index is -1.03. The van der Waals surface area contributed by atoms with Crippen molar-refractivity contribution in [1.82, 2.24) is 4.98 Å². The van der Waals surface area contributed by atoms with Crippen LogP contribution in [0.3, 0.4) is 0 Å². The van der Waals surface area contributed by atoms with Gasteiger partial charge < -0.3 is 10.0 Å². The molecular weight excluding hydrogens is 228 g/mol. The van der Waals surface area contributed by atoms with E-state index in [1.165, 1.54) is 12.3 Å². The third-order valence-electron chi connectivity index (χ3n) is 2.10. The van der Waals surface area contributed by atoms with Gasteiger partial charge >= 0.3 is 5.97 Å². The number of nitrogens with zero attached hydrogens (tertiary/aromatic N) is 2. The summed E-state index contributed by atoms with van der Waals surface area (Å²) in [6.07, 6.45) is 3.04. The SMILES string of the molecule is C=CCN(CC)c1ncc(C(=O)O)cc1Cl. The number of carboxylic acid groups (broad SMARTS) is 1. The van der Waals surface area contributed by atoms with Crippen molar-refractivity contribution in [2.75, 3.05) is 18.0 Å². The lowest BCUT2D eigenvalue weighted by atomic mass is 10.3. The molecule has 0 aliphatic rings. The Labute approximate surface area is 99.2 Å². The van der Waals surface area contributed by atoms with Crippen LogP contribution in [0.4, 0.5) is 5.82 Å². The summed E-state index contributed by atoms with van der Waals surface area (Å²) >= 11 is 5.98. The van der Waals surface area contributed by atoms with E-state index in [4.69, 9.17) is 16.7 Å². The molecule has 5 heteroatoms. The average molecular weight is 241 g/mol. The first-order chi connectivity index (χ1) is 7.60. The van der Waals surface area contributed by atoms with Crippen LogP contribution in [-0.2, 0) is 0 Å². The molecule has 0 spiro atoms. The highest BCUT2D eigenvalue weighted by molar-refractivity contribution is 6.33. The topological polar surface area (TPSA) is 53.4 Å². The van der Waals surface area contributed by atoms with Gasteiger partial charge in [-0.05, 0) is 13.0 Å². The number of aromatic nitrogens is 1. The molecule has 0 fully saturated rings. The fourth-order valence-corrected chi connectivity index (χ4v) is 1.59. The van der Waals surface area contributed by atoms with Crippen molar-refractivity contribution in [2.24, 2.45) is 0 Å². The molecule has 0 amide bonds. The maximum absolute atomic E-state index is 10.7. The summed E-state index contributed by atoms with van der Waals surface area (Å²) in [5, 5.41) is 9.11. The van der Waals surface area contributed by atoms with Crippen LogP contribution in [0.15, 0.2) is 24.9 Å². The van der Waals surface area contributed by atoms with Crippen LogP contribution in [-0.4, -0.2) is 29.1 Å². The van der Waals surface area contributed by atoms with Crippen LogP contribution in [0.1, 0.15) is 17.3 Å². The van der Waals surface area contributed by atoms with Crippen molar-refractivity contribution in [3.8, 4) is 0 Å². The van der Waals surface area contributed by atoms with E-state index in [0.717, 1.165) is 6.54 Å². The molecule has 0 saturated carbocycles. The van der Waals surface area contributed by atoms with E-state index in [-0.39, 0.29) is 5.56 Å². The Morgan fingerprint density at radius 1 is 1.75 bits per heavy atom. The predicted molar refractivity (Wildman–Crippen MR) is 64.3 cm³/mol. The van der Waals surface area contributed by atoms with Crippen LogP contribution >= 0.6 is 11.6 Å². The summed E-state index contributed by atoms with van der Waals surface area (Å²) in [5.74, 6) is -0.457. The number of halogens is 1. The Balaban J connectivity index is 3.05. The zero-order chi connectivity index (χ0) is 12.1. The van der Waals surface area contributed by atoms with Crippen LogP contribution < -0.4 is 4.90 Å². The molecule has 0 saturated heterocycles. The standard InChI is InChI=1S/C11H13ClN2O2/c1-3-5-14(4-2)10-9(12)6-8(7-13-10)11(15)16/h3,6-7H,1,4-5H2,2H3,(H,15,16). The highest BCUT2D eigenvalue weighted by atomic mass is 35.5. The molecule has 1 N–H and O–H groups in total. The summed E-state index contributed by atoms with van der Waals surface area (Å²) in [4.78, 5) is 16.7. The van der Waals surface area contributed by atoms with Crippen LogP contribution in [0, 0.1) is 0 Å². The number of likely N-dealkylation sites (N-methyl/N-ethyl adjacent to an activating group) is 1. The van der Waals surface area contributed by atoms with E-state index in [1.807, 2.05) is 11.8 Å². The second-order valence-electron chi connectivity index (χ2n) is 3.16. The number of anilines is 1. The normalized spacial score (nSPS) is 9.88. The fourth-order valence-electron chi connectivity index (χ4n) is 1.30. The van der Waals surface area contributed by atoms with Gasteiger partial charge in [0.05, 0.1) is 10.6 Å². The van der Waals surface area contributed by atoms with E-state index in [1.54, 1.807) is 6.08 Å². The van der Waals surface area contributed by atoms with Crippen molar-refractivity contribution < 1.29 is 9.90 Å². The minimum Gasteiger partial charge on any atom is -0.478 e. The Morgan fingerprint density at radius 2 is 2.44 bits per heavy atom. The van der Waals surface area contributed by atoms with E-state index in [0.29, 0.717) is 17.4 Å². The Bertz CT molecular complexity index is 407. The number of rotatable bonds is 5. The molecule has 0 radical (unpaired) electrons. The molecule has 4 nitrogen and oxygen atoms in total. The molecule has 0 unspecified atom stereocenters. The Kier molecular flexibility index (Phi) is 4.31. The number of hydrogen-bond acceptors (Lipinski definition) is 3. The molecule has 0 aliphatic heterocycles. The van der Waals surface area contributed by atoms with E-state index in [2.05, 4.69) is 11.6 Å². The van der Waals surface area contributed by atoms with E-state index >= 15 is 0 Å². The Morgan fingerprint density at radius 3 is 2.88 bits per heavy atom. The van der Waals surface area contributed by atoms with E-state index < -0.39 is 5.97 Å². The number of carboxylic acids is 1. The summed E-state index contributed by atoms with van der Waals surface area (Å²) < 4.78 is 0. The molecule has 1 rings (SSSR count). The second kappa shape index (κ2) is 5.51. The number of pyridine rings is 1. The average Bonchev–Trinajstić information content (AvgIpc) is 2.26. The number of aromatic carboxylic acids is 1. The number of carbonyl (C=O) groups is 1. The van der Waals surface area contributed by atoms with Gasteiger partial charge in [0.15, 0.2) is 0 Å². The third-order valence-corrected chi connectivity index (χ3v) is 2.38. The van der Waals surface area contributed by atoms with Gasteiger partial charge in [0.2, 0.25) is 0 Å². The second-order valence-corrected chi connectivity index (χ2v) is 3.57. The maximum atomic E-state index is 10.7. The molecule has 1 aromatic heterocycles. The highest BCUT2D eigenvalue weighted by Gasteiger charge is 2.12. The molecule has 1 heterocycles. The van der Waals surface area contributed by atoms with Gasteiger partial charge in [-0.25, -0.2) is 9.78 Å². The lowest BCUT2D eigenvalue weighted by Crippen LogP contribution is -2.24. The lowest BCUT2D eigenvalue weighted by Gasteiger charge is -2.21. The van der Waals surface area contributed by atoms with Gasteiger partial charge in [-0.3, -0.25) is 0 Å². The van der Waals surface area contributed by atoms with Gasteiger partial charge in [-0.15, -0.1) is 6.58 Å². The molecule has 86 valence electrons. The zero-order valence-electron chi connectivity index (χ0n) is 8.98. The van der Waals surface area contributed by atoms with Crippen molar-refractivity contribution >= 4 is 23.4 Å². The molecule has 0 atom stereocenters. The lowest BCUT2D eigenvalue weighted by molar-refractivity contribution is 0.0696. The maximum Gasteiger partial charge on any atom is 0.337 e. The van der Waals surface area contributed by atoms with Crippen molar-refractivity contribution in [3.63, 3.8) is 0 Å². The molecule has 1 aromatic rings. The van der Waals surface area contributed by atoms with Crippen molar-refractivity contribution in [1.29, 1.82) is 0 Å². The molecule has 16 heavy (non-hydrogen) atoms. The fraction of sp³-hybridized carbons (Fsp3) is 0.273. The quantitative estimate of drug-likeness (QED) is 0.804. The van der Waals surface area contributed by atoms with Crippen LogP contribution in [0.25, 0.3) is 0 Å².